The van der Waals surface area contributed by atoms with Gasteiger partial charge in [-0.05, 0) is 35.4 Å². The smallest absolute Gasteiger partial charge is 0.311 e. The van der Waals surface area contributed by atoms with E-state index in [4.69, 9.17) is 0 Å². The molecule has 1 N–H and O–H groups in total. The number of carboxylic acids is 1. The van der Waals surface area contributed by atoms with Crippen molar-refractivity contribution in [1.29, 1.82) is 0 Å². The number of halogens is 1. The van der Waals surface area contributed by atoms with Crippen molar-refractivity contribution < 1.29 is 14.3 Å². The van der Waals surface area contributed by atoms with Gasteiger partial charge in [0.25, 0.3) is 0 Å². The van der Waals surface area contributed by atoms with E-state index in [1.54, 1.807) is 18.2 Å². The van der Waals surface area contributed by atoms with Crippen molar-refractivity contribution >= 4 is 5.97 Å². The van der Waals surface area contributed by atoms with Gasteiger partial charge in [-0.1, -0.05) is 25.0 Å². The molecule has 1 aliphatic carbocycles. The van der Waals surface area contributed by atoms with Crippen LogP contribution in [0, 0.1) is 11.2 Å². The van der Waals surface area contributed by atoms with Gasteiger partial charge in [-0.15, -0.1) is 5.10 Å². The molecule has 1 aromatic heterocycles. The largest absolute Gasteiger partial charge is 0.481 e. The summed E-state index contributed by atoms with van der Waals surface area (Å²) in [6.07, 6.45) is 2.95. The maximum atomic E-state index is 13.9. The van der Waals surface area contributed by atoms with Crippen LogP contribution in [0.3, 0.4) is 0 Å². The Labute approximate surface area is 120 Å². The molecule has 1 saturated carbocycles. The summed E-state index contributed by atoms with van der Waals surface area (Å²) >= 11 is 0. The average molecular weight is 290 g/mol. The highest BCUT2D eigenvalue weighted by atomic mass is 19.1. The van der Waals surface area contributed by atoms with Crippen LogP contribution in [0.25, 0.3) is 11.4 Å². The van der Waals surface area contributed by atoms with Crippen LogP contribution in [0.4, 0.5) is 4.39 Å². The van der Waals surface area contributed by atoms with Gasteiger partial charge >= 0.3 is 5.97 Å². The van der Waals surface area contributed by atoms with Crippen LogP contribution in [0.15, 0.2) is 24.3 Å². The van der Waals surface area contributed by atoms with Crippen LogP contribution < -0.4 is 0 Å². The number of hydrogen-bond acceptors (Lipinski definition) is 4. The van der Waals surface area contributed by atoms with E-state index in [-0.39, 0.29) is 17.9 Å². The molecule has 1 aromatic carbocycles. The van der Waals surface area contributed by atoms with Gasteiger partial charge < -0.3 is 5.11 Å². The van der Waals surface area contributed by atoms with Crippen molar-refractivity contribution in [3.05, 3.63) is 30.1 Å². The minimum Gasteiger partial charge on any atom is -0.481 e. The van der Waals surface area contributed by atoms with Gasteiger partial charge in [0.2, 0.25) is 0 Å². The molecule has 0 unspecified atom stereocenters. The van der Waals surface area contributed by atoms with E-state index in [0.29, 0.717) is 12.8 Å². The first kappa shape index (κ1) is 13.7. The molecule has 3 rings (SSSR count). The lowest BCUT2D eigenvalue weighted by molar-refractivity contribution is -0.149. The summed E-state index contributed by atoms with van der Waals surface area (Å²) in [6, 6.07) is 6.19. The molecule has 0 spiro atoms. The molecule has 7 heteroatoms. The monoisotopic (exact) mass is 290 g/mol. The third-order valence-corrected chi connectivity index (χ3v) is 4.11. The molecular weight excluding hydrogens is 275 g/mol. The first-order valence-electron chi connectivity index (χ1n) is 6.87. The van der Waals surface area contributed by atoms with E-state index in [9.17, 15) is 14.3 Å². The SMILES string of the molecule is O=C(O)C1(Cn2nnnc2-c2ccccc2F)CCCC1. The Morgan fingerprint density at radius 3 is 2.71 bits per heavy atom. The fourth-order valence-corrected chi connectivity index (χ4v) is 2.92. The van der Waals surface area contributed by atoms with E-state index in [2.05, 4.69) is 15.5 Å². The van der Waals surface area contributed by atoms with Crippen molar-refractivity contribution in [2.24, 2.45) is 5.41 Å². The lowest BCUT2D eigenvalue weighted by atomic mass is 9.86. The van der Waals surface area contributed by atoms with Crippen LogP contribution >= 0.6 is 0 Å². The van der Waals surface area contributed by atoms with Crippen LogP contribution in [-0.2, 0) is 11.3 Å². The van der Waals surface area contributed by atoms with E-state index < -0.39 is 17.2 Å². The van der Waals surface area contributed by atoms with E-state index in [0.717, 1.165) is 12.8 Å². The van der Waals surface area contributed by atoms with Crippen LogP contribution in [-0.4, -0.2) is 31.3 Å². The Balaban J connectivity index is 1.97. The second-order valence-electron chi connectivity index (χ2n) is 5.43. The molecule has 1 fully saturated rings. The lowest BCUT2D eigenvalue weighted by Gasteiger charge is -2.23. The summed E-state index contributed by atoms with van der Waals surface area (Å²) in [5.74, 6) is -1.00. The third-order valence-electron chi connectivity index (χ3n) is 4.11. The van der Waals surface area contributed by atoms with Gasteiger partial charge in [-0.2, -0.15) is 0 Å². The normalized spacial score (nSPS) is 17.0. The average Bonchev–Trinajstić information content (AvgIpc) is 3.10. The van der Waals surface area contributed by atoms with Gasteiger partial charge in [0.1, 0.15) is 5.82 Å². The number of aromatic nitrogens is 4. The van der Waals surface area contributed by atoms with E-state index >= 15 is 0 Å². The first-order chi connectivity index (χ1) is 10.1. The molecule has 6 nitrogen and oxygen atoms in total. The molecule has 0 aliphatic heterocycles. The van der Waals surface area contributed by atoms with Gasteiger partial charge in [0.05, 0.1) is 17.5 Å². The van der Waals surface area contributed by atoms with Gasteiger partial charge in [-0.3, -0.25) is 4.79 Å². The first-order valence-corrected chi connectivity index (χ1v) is 6.87. The maximum Gasteiger partial charge on any atom is 0.311 e. The van der Waals surface area contributed by atoms with Crippen LogP contribution in [0.2, 0.25) is 0 Å². The Kier molecular flexibility index (Phi) is 3.40. The minimum atomic E-state index is -0.852. The minimum absolute atomic E-state index is 0.166. The van der Waals surface area contributed by atoms with Crippen LogP contribution in [0.1, 0.15) is 25.7 Å². The number of carbonyl (C=O) groups is 1. The lowest BCUT2D eigenvalue weighted by Crippen LogP contribution is -2.33. The molecule has 0 radical (unpaired) electrons. The number of nitrogens with zero attached hydrogens (tertiary/aromatic N) is 4. The molecule has 0 saturated heterocycles. The fraction of sp³-hybridized carbons (Fsp3) is 0.429. The number of aliphatic carboxylic acids is 1. The summed E-state index contributed by atoms with van der Waals surface area (Å²) < 4.78 is 15.3. The van der Waals surface area contributed by atoms with E-state index in [1.165, 1.54) is 10.7 Å². The van der Waals surface area contributed by atoms with Crippen molar-refractivity contribution in [2.45, 2.75) is 32.2 Å². The zero-order chi connectivity index (χ0) is 14.9. The molecule has 21 heavy (non-hydrogen) atoms. The number of tetrazole rings is 1. The molecular formula is C14H15FN4O2. The predicted molar refractivity (Wildman–Crippen MR) is 71.7 cm³/mol. The van der Waals surface area contributed by atoms with Crippen LogP contribution in [0.5, 0.6) is 0 Å². The Bertz CT molecular complexity index is 664. The van der Waals surface area contributed by atoms with Gasteiger partial charge in [-0.25, -0.2) is 9.07 Å². The summed E-state index contributed by atoms with van der Waals surface area (Å²) in [6.45, 7) is 0.166. The topological polar surface area (TPSA) is 80.9 Å². The maximum absolute atomic E-state index is 13.9. The van der Waals surface area contributed by atoms with Crippen molar-refractivity contribution in [1.82, 2.24) is 20.2 Å². The summed E-state index contributed by atoms with van der Waals surface area (Å²) in [5, 5.41) is 20.8. The number of hydrogen-bond donors (Lipinski definition) is 1. The van der Waals surface area contributed by atoms with Crippen molar-refractivity contribution in [2.75, 3.05) is 0 Å². The number of benzene rings is 1. The zero-order valence-corrected chi connectivity index (χ0v) is 11.4. The van der Waals surface area contributed by atoms with Crippen molar-refractivity contribution in [3.63, 3.8) is 0 Å². The highest BCUT2D eigenvalue weighted by molar-refractivity contribution is 5.75. The predicted octanol–water partition coefficient (Wildman–Crippen LogP) is 2.12. The Morgan fingerprint density at radius 1 is 1.33 bits per heavy atom. The quantitative estimate of drug-likeness (QED) is 0.932. The fourth-order valence-electron chi connectivity index (χ4n) is 2.92. The highest BCUT2D eigenvalue weighted by Crippen LogP contribution is 2.40. The second-order valence-corrected chi connectivity index (χ2v) is 5.43. The van der Waals surface area contributed by atoms with Gasteiger partial charge in [0.15, 0.2) is 5.82 Å². The molecule has 0 amide bonds. The van der Waals surface area contributed by atoms with E-state index in [1.807, 2.05) is 0 Å². The molecule has 0 atom stereocenters. The Morgan fingerprint density at radius 2 is 2.05 bits per heavy atom. The standard InChI is InChI=1S/C14H15FN4O2/c15-11-6-2-1-5-10(11)12-16-17-18-19(12)9-14(13(20)21)7-3-4-8-14/h1-2,5-6H,3-4,7-9H2,(H,20,21). The second kappa shape index (κ2) is 5.23. The molecule has 0 bridgehead atoms. The Hall–Kier alpha value is -2.31. The van der Waals surface area contributed by atoms with Crippen molar-refractivity contribution in [3.8, 4) is 11.4 Å². The third kappa shape index (κ3) is 2.39. The summed E-state index contributed by atoms with van der Waals surface area (Å²) in [7, 11) is 0. The highest BCUT2D eigenvalue weighted by Gasteiger charge is 2.42. The molecule has 2 aromatic rings. The molecule has 110 valence electrons. The van der Waals surface area contributed by atoms with Gasteiger partial charge in [0, 0.05) is 0 Å². The molecule has 1 heterocycles. The number of carboxylic acid groups (broad SMARTS) is 1. The number of rotatable bonds is 4. The molecule has 1 aliphatic rings. The summed E-state index contributed by atoms with van der Waals surface area (Å²) in [5.41, 5.74) is -0.573. The summed E-state index contributed by atoms with van der Waals surface area (Å²) in [4.78, 5) is 11.6. The zero-order valence-electron chi connectivity index (χ0n) is 11.4.